The molecule has 0 aliphatic heterocycles. The largest absolute Gasteiger partial charge is 0.493 e. The highest BCUT2D eigenvalue weighted by atomic mass is 35.5. The topological polar surface area (TPSA) is 69.2 Å². The van der Waals surface area contributed by atoms with Crippen molar-refractivity contribution in [2.75, 3.05) is 20.3 Å². The molecule has 0 aliphatic carbocycles. The molecule has 0 bridgehead atoms. The molecule has 6 nitrogen and oxygen atoms in total. The summed E-state index contributed by atoms with van der Waals surface area (Å²) in [4.78, 5) is 12.1. The van der Waals surface area contributed by atoms with Crippen molar-refractivity contribution in [2.45, 2.75) is 6.42 Å². The van der Waals surface area contributed by atoms with E-state index < -0.39 is 0 Å². The van der Waals surface area contributed by atoms with Gasteiger partial charge in [-0.15, -0.1) is 0 Å². The lowest BCUT2D eigenvalue weighted by Gasteiger charge is -2.12. The Morgan fingerprint density at radius 3 is 2.35 bits per heavy atom. The quantitative estimate of drug-likeness (QED) is 0.276. The van der Waals surface area contributed by atoms with Crippen molar-refractivity contribution in [1.29, 1.82) is 0 Å². The second-order valence-electron chi connectivity index (χ2n) is 6.45. The number of nitrogens with one attached hydrogen (secondary N) is 1. The maximum atomic E-state index is 12.1. The van der Waals surface area contributed by atoms with Gasteiger partial charge in [0.15, 0.2) is 11.5 Å². The lowest BCUT2D eigenvalue weighted by atomic mass is 10.2. The number of nitrogens with zero attached hydrogens (tertiary/aromatic N) is 1. The standard InChI is InChI=1S/C24H23ClN2O4/c1-29-22-10-5-6-11-23(22)31-15-7-14-30-21-13-12-20(25)16-19(21)17-26-27-24(28)18-8-3-2-4-9-18/h2-6,8-13,16-17H,7,14-15H2,1H3,(H,27,28)/b26-17-. The Bertz CT molecular complexity index is 1030. The molecule has 0 spiro atoms. The van der Waals surface area contributed by atoms with E-state index in [0.29, 0.717) is 53.0 Å². The van der Waals surface area contributed by atoms with Gasteiger partial charge in [-0.05, 0) is 42.5 Å². The number of hydrazone groups is 1. The van der Waals surface area contributed by atoms with Gasteiger partial charge in [-0.3, -0.25) is 4.79 Å². The van der Waals surface area contributed by atoms with Crippen molar-refractivity contribution >= 4 is 23.7 Å². The summed E-state index contributed by atoms with van der Waals surface area (Å²) in [6.45, 7) is 0.915. The molecule has 0 unspecified atom stereocenters. The maximum Gasteiger partial charge on any atom is 0.271 e. The smallest absolute Gasteiger partial charge is 0.271 e. The Balaban J connectivity index is 1.52. The number of carbonyl (C=O) groups is 1. The molecule has 1 N–H and O–H groups in total. The first-order chi connectivity index (χ1) is 15.2. The molecule has 0 heterocycles. The highest BCUT2D eigenvalue weighted by Crippen LogP contribution is 2.26. The van der Waals surface area contributed by atoms with E-state index in [1.807, 2.05) is 30.3 Å². The molecule has 0 fully saturated rings. The van der Waals surface area contributed by atoms with Crippen LogP contribution in [0.1, 0.15) is 22.3 Å². The summed E-state index contributed by atoms with van der Waals surface area (Å²) in [5.74, 6) is 1.70. The van der Waals surface area contributed by atoms with E-state index in [1.165, 1.54) is 6.21 Å². The number of amides is 1. The Morgan fingerprint density at radius 1 is 0.935 bits per heavy atom. The fourth-order valence-corrected chi connectivity index (χ4v) is 2.91. The lowest BCUT2D eigenvalue weighted by Crippen LogP contribution is -2.17. The van der Waals surface area contributed by atoms with Crippen molar-refractivity contribution in [3.05, 3.63) is 88.9 Å². The van der Waals surface area contributed by atoms with Crippen LogP contribution in [0.5, 0.6) is 17.2 Å². The molecule has 0 aromatic heterocycles. The third-order valence-corrected chi connectivity index (χ3v) is 4.49. The predicted octanol–water partition coefficient (Wildman–Crippen LogP) is 4.96. The van der Waals surface area contributed by atoms with Gasteiger partial charge in [-0.25, -0.2) is 5.43 Å². The summed E-state index contributed by atoms with van der Waals surface area (Å²) in [7, 11) is 1.61. The normalized spacial score (nSPS) is 10.6. The summed E-state index contributed by atoms with van der Waals surface area (Å²) in [5.41, 5.74) is 3.68. The van der Waals surface area contributed by atoms with Crippen molar-refractivity contribution < 1.29 is 19.0 Å². The average molecular weight is 439 g/mol. The fourth-order valence-electron chi connectivity index (χ4n) is 2.73. The molecule has 0 saturated heterocycles. The van der Waals surface area contributed by atoms with Gasteiger partial charge in [0, 0.05) is 22.6 Å². The van der Waals surface area contributed by atoms with Crippen LogP contribution < -0.4 is 19.6 Å². The van der Waals surface area contributed by atoms with Crippen molar-refractivity contribution in [3.8, 4) is 17.2 Å². The molecule has 31 heavy (non-hydrogen) atoms. The third kappa shape index (κ3) is 6.76. The number of halogens is 1. The Hall–Kier alpha value is -3.51. The Kier molecular flexibility index (Phi) is 8.31. The van der Waals surface area contributed by atoms with Crippen LogP contribution in [0, 0.1) is 0 Å². The molecule has 0 saturated carbocycles. The lowest BCUT2D eigenvalue weighted by molar-refractivity contribution is 0.0955. The predicted molar refractivity (Wildman–Crippen MR) is 122 cm³/mol. The van der Waals surface area contributed by atoms with Crippen molar-refractivity contribution in [1.82, 2.24) is 5.43 Å². The van der Waals surface area contributed by atoms with E-state index in [0.717, 1.165) is 0 Å². The van der Waals surface area contributed by atoms with E-state index in [1.54, 1.807) is 49.6 Å². The van der Waals surface area contributed by atoms with Crippen LogP contribution in [0.4, 0.5) is 0 Å². The van der Waals surface area contributed by atoms with Gasteiger partial charge in [0.05, 0.1) is 26.5 Å². The van der Waals surface area contributed by atoms with E-state index in [9.17, 15) is 4.79 Å². The number of carbonyl (C=O) groups excluding carboxylic acids is 1. The minimum absolute atomic E-state index is 0.296. The zero-order valence-electron chi connectivity index (χ0n) is 17.1. The molecular formula is C24H23ClN2O4. The van der Waals surface area contributed by atoms with Gasteiger partial charge in [0.2, 0.25) is 0 Å². The van der Waals surface area contributed by atoms with E-state index >= 15 is 0 Å². The van der Waals surface area contributed by atoms with Crippen LogP contribution in [0.2, 0.25) is 5.02 Å². The summed E-state index contributed by atoms with van der Waals surface area (Å²) >= 11 is 6.10. The number of benzene rings is 3. The van der Waals surface area contributed by atoms with Crippen molar-refractivity contribution in [2.24, 2.45) is 5.10 Å². The summed E-state index contributed by atoms with van der Waals surface area (Å²) in [6.07, 6.45) is 2.18. The van der Waals surface area contributed by atoms with Gasteiger partial charge in [0.25, 0.3) is 5.91 Å². The summed E-state index contributed by atoms with van der Waals surface area (Å²) in [6, 6.07) is 21.6. The van der Waals surface area contributed by atoms with E-state index in [4.69, 9.17) is 25.8 Å². The summed E-state index contributed by atoms with van der Waals surface area (Å²) < 4.78 is 16.9. The first-order valence-electron chi connectivity index (χ1n) is 9.74. The minimum Gasteiger partial charge on any atom is -0.493 e. The van der Waals surface area contributed by atoms with Crippen molar-refractivity contribution in [3.63, 3.8) is 0 Å². The number of rotatable bonds is 10. The van der Waals surface area contributed by atoms with Crippen LogP contribution >= 0.6 is 11.6 Å². The molecule has 160 valence electrons. The van der Waals surface area contributed by atoms with Crippen LogP contribution in [0.3, 0.4) is 0 Å². The number of hydrogen-bond donors (Lipinski definition) is 1. The molecule has 3 aromatic rings. The third-order valence-electron chi connectivity index (χ3n) is 4.25. The molecule has 1 amide bonds. The SMILES string of the molecule is COc1ccccc1OCCCOc1ccc(Cl)cc1/C=N\NC(=O)c1ccccc1. The van der Waals surface area contributed by atoms with E-state index in [-0.39, 0.29) is 5.91 Å². The molecule has 3 aromatic carbocycles. The fraction of sp³-hybridized carbons (Fsp3) is 0.167. The van der Waals surface area contributed by atoms with Gasteiger partial charge < -0.3 is 14.2 Å². The second-order valence-corrected chi connectivity index (χ2v) is 6.89. The molecule has 3 rings (SSSR count). The highest BCUT2D eigenvalue weighted by Gasteiger charge is 2.06. The van der Waals surface area contributed by atoms with Crippen LogP contribution in [0.25, 0.3) is 0 Å². The molecule has 0 radical (unpaired) electrons. The van der Waals surface area contributed by atoms with Crippen LogP contribution in [-0.2, 0) is 0 Å². The van der Waals surface area contributed by atoms with Gasteiger partial charge in [0.1, 0.15) is 5.75 Å². The second kappa shape index (κ2) is 11.6. The van der Waals surface area contributed by atoms with Crippen LogP contribution in [0.15, 0.2) is 77.9 Å². The Labute approximate surface area is 186 Å². The number of methoxy groups -OCH3 is 1. The zero-order valence-corrected chi connectivity index (χ0v) is 17.8. The average Bonchev–Trinajstić information content (AvgIpc) is 2.80. The summed E-state index contributed by atoms with van der Waals surface area (Å²) in [5, 5.41) is 4.57. The monoisotopic (exact) mass is 438 g/mol. The number of hydrogen-bond acceptors (Lipinski definition) is 5. The number of ether oxygens (including phenoxy) is 3. The molecule has 0 atom stereocenters. The first-order valence-corrected chi connectivity index (χ1v) is 10.1. The maximum absolute atomic E-state index is 12.1. The molecule has 7 heteroatoms. The number of para-hydroxylation sites is 2. The van der Waals surface area contributed by atoms with Gasteiger partial charge in [-0.1, -0.05) is 41.9 Å². The Morgan fingerprint density at radius 2 is 1.61 bits per heavy atom. The zero-order chi connectivity index (χ0) is 21.9. The molecular weight excluding hydrogens is 416 g/mol. The van der Waals surface area contributed by atoms with E-state index in [2.05, 4.69) is 10.5 Å². The minimum atomic E-state index is -0.296. The molecule has 0 aliphatic rings. The van der Waals surface area contributed by atoms with Gasteiger partial charge >= 0.3 is 0 Å². The van der Waals surface area contributed by atoms with Crippen LogP contribution in [-0.4, -0.2) is 32.4 Å². The highest BCUT2D eigenvalue weighted by molar-refractivity contribution is 6.30. The van der Waals surface area contributed by atoms with Gasteiger partial charge in [-0.2, -0.15) is 5.10 Å². The first kappa shape index (κ1) is 22.2.